The second kappa shape index (κ2) is 5.45. The van der Waals surface area contributed by atoms with E-state index >= 15 is 0 Å². The summed E-state index contributed by atoms with van der Waals surface area (Å²) in [6, 6.07) is 12.3. The van der Waals surface area contributed by atoms with Crippen molar-refractivity contribution < 1.29 is 9.84 Å². The molecule has 0 aromatic heterocycles. The number of aliphatic hydroxyl groups excluding tert-OH is 1. The van der Waals surface area contributed by atoms with Crippen LogP contribution in [-0.4, -0.2) is 12.2 Å². The fraction of sp³-hybridized carbons (Fsp3) is 0.444. The number of methoxy groups -OCH3 is 1. The third-order valence-corrected chi connectivity index (χ3v) is 4.75. The fourth-order valence-electron chi connectivity index (χ4n) is 3.44. The van der Waals surface area contributed by atoms with Crippen LogP contribution in [0, 0.1) is 11.8 Å². The Bertz CT molecular complexity index is 605. The highest BCUT2D eigenvalue weighted by atomic mass is 16.5. The first-order valence-electron chi connectivity index (χ1n) is 7.45. The Labute approximate surface area is 120 Å². The monoisotopic (exact) mass is 270 g/mol. The second-order valence-electron chi connectivity index (χ2n) is 5.99. The van der Waals surface area contributed by atoms with Gasteiger partial charge in [-0.2, -0.15) is 0 Å². The van der Waals surface area contributed by atoms with E-state index in [2.05, 4.69) is 31.2 Å². The molecule has 3 unspecified atom stereocenters. The van der Waals surface area contributed by atoms with Crippen LogP contribution in [0.1, 0.15) is 37.9 Å². The highest BCUT2D eigenvalue weighted by molar-refractivity contribution is 5.84. The number of hydrogen-bond acceptors (Lipinski definition) is 2. The lowest BCUT2D eigenvalue weighted by Crippen LogP contribution is -2.15. The molecule has 3 atom stereocenters. The Hall–Kier alpha value is -1.54. The lowest BCUT2D eigenvalue weighted by atomic mass is 9.87. The molecule has 0 heterocycles. The molecule has 2 aromatic rings. The van der Waals surface area contributed by atoms with Gasteiger partial charge in [0.15, 0.2) is 0 Å². The molecule has 0 saturated heterocycles. The van der Waals surface area contributed by atoms with Crippen LogP contribution in [-0.2, 0) is 0 Å². The third kappa shape index (κ3) is 2.40. The van der Waals surface area contributed by atoms with Crippen molar-refractivity contribution in [3.63, 3.8) is 0 Å². The van der Waals surface area contributed by atoms with Crippen LogP contribution in [0.2, 0.25) is 0 Å². The van der Waals surface area contributed by atoms with Gasteiger partial charge in [0.25, 0.3) is 0 Å². The van der Waals surface area contributed by atoms with Gasteiger partial charge >= 0.3 is 0 Å². The lowest BCUT2D eigenvalue weighted by molar-refractivity contribution is 0.0902. The SMILES string of the molecule is COc1ccc2cc(C(O)C3CCCC3C)ccc2c1. The normalized spacial score (nSPS) is 23.9. The van der Waals surface area contributed by atoms with Gasteiger partial charge in [0.2, 0.25) is 0 Å². The summed E-state index contributed by atoms with van der Waals surface area (Å²) in [6.07, 6.45) is 3.29. The van der Waals surface area contributed by atoms with Gasteiger partial charge in [-0.15, -0.1) is 0 Å². The van der Waals surface area contributed by atoms with E-state index in [1.54, 1.807) is 7.11 Å². The smallest absolute Gasteiger partial charge is 0.119 e. The number of fused-ring (bicyclic) bond motifs is 1. The van der Waals surface area contributed by atoms with Crippen molar-refractivity contribution in [2.24, 2.45) is 11.8 Å². The summed E-state index contributed by atoms with van der Waals surface area (Å²) < 4.78 is 5.25. The maximum atomic E-state index is 10.6. The average Bonchev–Trinajstić information content (AvgIpc) is 2.91. The zero-order valence-electron chi connectivity index (χ0n) is 12.2. The minimum atomic E-state index is -0.334. The van der Waals surface area contributed by atoms with Crippen LogP contribution in [0.5, 0.6) is 5.75 Å². The standard InChI is InChI=1S/C18H22O2/c1-12-4-3-5-17(12)18(19)15-7-6-14-11-16(20-2)9-8-13(14)10-15/h6-12,17-19H,3-5H2,1-2H3. The van der Waals surface area contributed by atoms with E-state index in [-0.39, 0.29) is 6.10 Å². The molecule has 1 aliphatic carbocycles. The largest absolute Gasteiger partial charge is 0.497 e. The molecule has 3 rings (SSSR count). The summed E-state index contributed by atoms with van der Waals surface area (Å²) in [5, 5.41) is 12.9. The first-order valence-corrected chi connectivity index (χ1v) is 7.45. The third-order valence-electron chi connectivity index (χ3n) is 4.75. The molecule has 1 fully saturated rings. The average molecular weight is 270 g/mol. The van der Waals surface area contributed by atoms with E-state index in [0.717, 1.165) is 28.5 Å². The molecule has 1 saturated carbocycles. The predicted octanol–water partition coefficient (Wildman–Crippen LogP) is 4.32. The van der Waals surface area contributed by atoms with Gasteiger partial charge in [0.05, 0.1) is 13.2 Å². The summed E-state index contributed by atoms with van der Waals surface area (Å²) in [5.74, 6) is 1.90. The molecule has 0 amide bonds. The summed E-state index contributed by atoms with van der Waals surface area (Å²) in [7, 11) is 1.68. The Morgan fingerprint density at radius 1 is 1.10 bits per heavy atom. The van der Waals surface area contributed by atoms with Gasteiger partial charge in [-0.1, -0.05) is 38.0 Å². The van der Waals surface area contributed by atoms with Crippen molar-refractivity contribution in [1.82, 2.24) is 0 Å². The van der Waals surface area contributed by atoms with Crippen molar-refractivity contribution in [2.75, 3.05) is 7.11 Å². The zero-order valence-corrected chi connectivity index (χ0v) is 12.2. The van der Waals surface area contributed by atoms with E-state index in [1.165, 1.54) is 12.8 Å². The summed E-state index contributed by atoms with van der Waals surface area (Å²) in [6.45, 7) is 2.26. The molecule has 0 bridgehead atoms. The molecular formula is C18H22O2. The summed E-state index contributed by atoms with van der Waals surface area (Å²) in [5.41, 5.74) is 1.04. The van der Waals surface area contributed by atoms with Gasteiger partial charge in [-0.3, -0.25) is 0 Å². The van der Waals surface area contributed by atoms with Crippen molar-refractivity contribution in [3.05, 3.63) is 42.0 Å². The van der Waals surface area contributed by atoms with Crippen LogP contribution in [0.15, 0.2) is 36.4 Å². The van der Waals surface area contributed by atoms with E-state index in [4.69, 9.17) is 4.74 Å². The Balaban J connectivity index is 1.92. The molecular weight excluding hydrogens is 248 g/mol. The highest BCUT2D eigenvalue weighted by Gasteiger charge is 2.30. The van der Waals surface area contributed by atoms with Gasteiger partial charge < -0.3 is 9.84 Å². The molecule has 106 valence electrons. The molecule has 2 aromatic carbocycles. The number of benzene rings is 2. The quantitative estimate of drug-likeness (QED) is 0.900. The topological polar surface area (TPSA) is 29.5 Å². The van der Waals surface area contributed by atoms with Crippen LogP contribution in [0.3, 0.4) is 0 Å². The van der Waals surface area contributed by atoms with Gasteiger partial charge in [-0.25, -0.2) is 0 Å². The molecule has 1 aliphatic rings. The maximum Gasteiger partial charge on any atom is 0.119 e. The zero-order chi connectivity index (χ0) is 14.1. The van der Waals surface area contributed by atoms with Crippen molar-refractivity contribution in [1.29, 1.82) is 0 Å². The second-order valence-corrected chi connectivity index (χ2v) is 5.99. The first kappa shape index (κ1) is 13.4. The van der Waals surface area contributed by atoms with Crippen molar-refractivity contribution >= 4 is 10.8 Å². The summed E-state index contributed by atoms with van der Waals surface area (Å²) in [4.78, 5) is 0. The van der Waals surface area contributed by atoms with Gasteiger partial charge in [-0.05, 0) is 52.8 Å². The molecule has 2 nitrogen and oxygen atoms in total. The molecule has 20 heavy (non-hydrogen) atoms. The van der Waals surface area contributed by atoms with E-state index in [0.29, 0.717) is 11.8 Å². The number of ether oxygens (including phenoxy) is 1. The minimum Gasteiger partial charge on any atom is -0.497 e. The van der Waals surface area contributed by atoms with Gasteiger partial charge in [0.1, 0.15) is 5.75 Å². The summed E-state index contributed by atoms with van der Waals surface area (Å²) >= 11 is 0. The van der Waals surface area contributed by atoms with Crippen LogP contribution < -0.4 is 4.74 Å². The molecule has 0 spiro atoms. The highest BCUT2D eigenvalue weighted by Crippen LogP contribution is 2.40. The van der Waals surface area contributed by atoms with Crippen molar-refractivity contribution in [2.45, 2.75) is 32.3 Å². The molecule has 1 N–H and O–H groups in total. The number of rotatable bonds is 3. The van der Waals surface area contributed by atoms with E-state index in [9.17, 15) is 5.11 Å². The van der Waals surface area contributed by atoms with E-state index in [1.807, 2.05) is 12.1 Å². The van der Waals surface area contributed by atoms with Crippen LogP contribution in [0.4, 0.5) is 0 Å². The first-order chi connectivity index (χ1) is 9.69. The van der Waals surface area contributed by atoms with Crippen LogP contribution >= 0.6 is 0 Å². The Morgan fingerprint density at radius 3 is 2.55 bits per heavy atom. The maximum absolute atomic E-state index is 10.6. The Morgan fingerprint density at radius 2 is 1.85 bits per heavy atom. The molecule has 0 aliphatic heterocycles. The van der Waals surface area contributed by atoms with E-state index < -0.39 is 0 Å². The van der Waals surface area contributed by atoms with Gasteiger partial charge in [0, 0.05) is 0 Å². The number of aliphatic hydroxyl groups is 1. The lowest BCUT2D eigenvalue weighted by Gasteiger charge is -2.22. The van der Waals surface area contributed by atoms with Crippen molar-refractivity contribution in [3.8, 4) is 5.75 Å². The fourth-order valence-corrected chi connectivity index (χ4v) is 3.44. The Kier molecular flexibility index (Phi) is 3.66. The predicted molar refractivity (Wildman–Crippen MR) is 82.0 cm³/mol. The minimum absolute atomic E-state index is 0.334. The molecule has 0 radical (unpaired) electrons. The molecule has 2 heteroatoms. The van der Waals surface area contributed by atoms with Crippen LogP contribution in [0.25, 0.3) is 10.8 Å². The number of hydrogen-bond donors (Lipinski definition) is 1.